The van der Waals surface area contributed by atoms with Crippen LogP contribution < -0.4 is 20.1 Å². The second-order valence-electron chi connectivity index (χ2n) is 5.65. The molecule has 26 heavy (non-hydrogen) atoms. The van der Waals surface area contributed by atoms with Crippen LogP contribution in [0.3, 0.4) is 0 Å². The van der Waals surface area contributed by atoms with Gasteiger partial charge in [-0.1, -0.05) is 0 Å². The summed E-state index contributed by atoms with van der Waals surface area (Å²) in [5.74, 6) is 1.31. The molecule has 2 N–H and O–H groups in total. The molecule has 0 atom stereocenters. The molecule has 3 aromatic rings. The number of urea groups is 1. The number of nitrogens with zero attached hydrogens (tertiary/aromatic N) is 2. The van der Waals surface area contributed by atoms with Crippen LogP contribution in [0.2, 0.25) is 0 Å². The number of hydrogen-bond donors (Lipinski definition) is 2. The first-order valence-electron chi connectivity index (χ1n) is 8.00. The fourth-order valence-electron chi connectivity index (χ4n) is 2.51. The Bertz CT molecular complexity index is 943. The summed E-state index contributed by atoms with van der Waals surface area (Å²) in [5.41, 5.74) is 2.51. The second-order valence-corrected chi connectivity index (χ2v) is 6.73. The van der Waals surface area contributed by atoms with Crippen molar-refractivity contribution in [1.29, 1.82) is 0 Å². The van der Waals surface area contributed by atoms with E-state index in [2.05, 4.69) is 20.6 Å². The molecule has 0 saturated carbocycles. The summed E-state index contributed by atoms with van der Waals surface area (Å²) in [6.45, 7) is 2.54. The van der Waals surface area contributed by atoms with Crippen LogP contribution in [0.4, 0.5) is 10.5 Å². The predicted molar refractivity (Wildman–Crippen MR) is 98.5 cm³/mol. The van der Waals surface area contributed by atoms with Gasteiger partial charge in [0.05, 0.1) is 12.2 Å². The van der Waals surface area contributed by atoms with Gasteiger partial charge in [-0.15, -0.1) is 11.3 Å². The van der Waals surface area contributed by atoms with Crippen LogP contribution in [-0.4, -0.2) is 22.8 Å². The minimum Gasteiger partial charge on any atom is -0.454 e. The van der Waals surface area contributed by atoms with Crippen LogP contribution in [0.5, 0.6) is 11.5 Å². The van der Waals surface area contributed by atoms with Gasteiger partial charge in [-0.25, -0.2) is 9.78 Å². The molecule has 0 unspecified atom stereocenters. The van der Waals surface area contributed by atoms with Crippen molar-refractivity contribution in [3.63, 3.8) is 0 Å². The van der Waals surface area contributed by atoms with Crippen LogP contribution in [0.1, 0.15) is 10.6 Å². The Kier molecular flexibility index (Phi) is 4.40. The van der Waals surface area contributed by atoms with Crippen molar-refractivity contribution in [2.45, 2.75) is 13.5 Å². The number of carbonyl (C=O) groups is 1. The molecule has 0 saturated heterocycles. The maximum absolute atomic E-state index is 12.2. The molecule has 7 nitrogen and oxygen atoms in total. The van der Waals surface area contributed by atoms with Crippen molar-refractivity contribution in [2.24, 2.45) is 0 Å². The topological polar surface area (TPSA) is 85.4 Å². The van der Waals surface area contributed by atoms with E-state index in [0.717, 1.165) is 21.1 Å². The summed E-state index contributed by atoms with van der Waals surface area (Å²) >= 11 is 1.55. The van der Waals surface area contributed by atoms with Crippen LogP contribution in [0, 0.1) is 6.92 Å². The lowest BCUT2D eigenvalue weighted by Crippen LogP contribution is -2.28. The normalized spacial score (nSPS) is 12.0. The van der Waals surface area contributed by atoms with Gasteiger partial charge in [-0.05, 0) is 31.2 Å². The van der Waals surface area contributed by atoms with E-state index in [0.29, 0.717) is 23.7 Å². The number of rotatable bonds is 4. The fraction of sp³-hybridized carbons (Fsp3) is 0.167. The lowest BCUT2D eigenvalue weighted by atomic mass is 10.3. The third-order valence-electron chi connectivity index (χ3n) is 3.84. The molecule has 0 fully saturated rings. The molecule has 0 aliphatic carbocycles. The summed E-state index contributed by atoms with van der Waals surface area (Å²) < 4.78 is 10.6. The van der Waals surface area contributed by atoms with E-state index in [1.807, 2.05) is 19.1 Å². The summed E-state index contributed by atoms with van der Waals surface area (Å²) in [5, 5.41) is 6.53. The van der Waals surface area contributed by atoms with Gasteiger partial charge >= 0.3 is 6.03 Å². The highest BCUT2D eigenvalue weighted by Crippen LogP contribution is 2.34. The van der Waals surface area contributed by atoms with E-state index in [1.165, 1.54) is 0 Å². The number of benzene rings is 1. The van der Waals surface area contributed by atoms with Crippen molar-refractivity contribution < 1.29 is 14.3 Å². The minimum absolute atomic E-state index is 0.203. The Morgan fingerprint density at radius 2 is 2.15 bits per heavy atom. The van der Waals surface area contributed by atoms with Crippen molar-refractivity contribution >= 4 is 23.1 Å². The van der Waals surface area contributed by atoms with E-state index in [9.17, 15) is 4.79 Å². The summed E-state index contributed by atoms with van der Waals surface area (Å²) in [6.07, 6.45) is 3.51. The second kappa shape index (κ2) is 7.01. The highest BCUT2D eigenvalue weighted by molar-refractivity contribution is 7.15. The third kappa shape index (κ3) is 3.45. The highest BCUT2D eigenvalue weighted by atomic mass is 32.1. The minimum atomic E-state index is -0.292. The number of thiazole rings is 1. The van der Waals surface area contributed by atoms with E-state index in [-0.39, 0.29) is 12.8 Å². The number of carbonyl (C=O) groups excluding carboxylic acids is 1. The van der Waals surface area contributed by atoms with Gasteiger partial charge in [0, 0.05) is 34.6 Å². The molecule has 8 heteroatoms. The van der Waals surface area contributed by atoms with Gasteiger partial charge < -0.3 is 20.1 Å². The first-order valence-corrected chi connectivity index (χ1v) is 8.82. The lowest BCUT2D eigenvalue weighted by molar-refractivity contribution is 0.174. The number of nitrogens with one attached hydrogen (secondary N) is 2. The molecule has 2 amide bonds. The standard InChI is InChI=1S/C18H16N4O3S/c1-11-16(26-17(21-11)12-3-2-6-19-8-12)9-20-18(23)22-13-4-5-14-15(7-13)25-10-24-14/h2-8H,9-10H2,1H3,(H2,20,22,23). The third-order valence-corrected chi connectivity index (χ3v) is 5.05. The van der Waals surface area contributed by atoms with E-state index >= 15 is 0 Å². The fourth-order valence-corrected chi connectivity index (χ4v) is 3.51. The number of fused-ring (bicyclic) bond motifs is 1. The zero-order valence-corrected chi connectivity index (χ0v) is 14.8. The average Bonchev–Trinajstić information content (AvgIpc) is 3.27. The summed E-state index contributed by atoms with van der Waals surface area (Å²) in [7, 11) is 0. The number of amides is 2. The van der Waals surface area contributed by atoms with Gasteiger partial charge in [0.25, 0.3) is 0 Å². The van der Waals surface area contributed by atoms with Gasteiger partial charge in [0.2, 0.25) is 6.79 Å². The first-order chi connectivity index (χ1) is 12.7. The summed E-state index contributed by atoms with van der Waals surface area (Å²) in [4.78, 5) is 21.8. The molecule has 132 valence electrons. The molecule has 1 aromatic carbocycles. The Balaban J connectivity index is 1.38. The Morgan fingerprint density at radius 3 is 3.00 bits per heavy atom. The van der Waals surface area contributed by atoms with Gasteiger partial charge in [-0.2, -0.15) is 0 Å². The molecular formula is C18H16N4O3S. The molecule has 3 heterocycles. The van der Waals surface area contributed by atoms with Gasteiger partial charge in [0.1, 0.15) is 5.01 Å². The predicted octanol–water partition coefficient (Wildman–Crippen LogP) is 3.56. The van der Waals surface area contributed by atoms with Crippen LogP contribution in [0.15, 0.2) is 42.7 Å². The van der Waals surface area contributed by atoms with E-state index < -0.39 is 0 Å². The van der Waals surface area contributed by atoms with Crippen molar-refractivity contribution in [3.8, 4) is 22.1 Å². The Morgan fingerprint density at radius 1 is 1.27 bits per heavy atom. The maximum atomic E-state index is 12.2. The molecule has 1 aliphatic heterocycles. The van der Waals surface area contributed by atoms with E-state index in [4.69, 9.17) is 9.47 Å². The summed E-state index contributed by atoms with van der Waals surface area (Å²) in [6, 6.07) is 8.83. The van der Waals surface area contributed by atoms with Gasteiger partial charge in [0.15, 0.2) is 11.5 Å². The molecule has 2 aromatic heterocycles. The SMILES string of the molecule is Cc1nc(-c2cccnc2)sc1CNC(=O)Nc1ccc2c(c1)OCO2. The van der Waals surface area contributed by atoms with Crippen LogP contribution in [0.25, 0.3) is 10.6 Å². The molecule has 0 bridgehead atoms. The molecule has 0 spiro atoms. The number of aromatic nitrogens is 2. The quantitative estimate of drug-likeness (QED) is 0.735. The van der Waals surface area contributed by atoms with Crippen LogP contribution >= 0.6 is 11.3 Å². The zero-order chi connectivity index (χ0) is 17.9. The molecular weight excluding hydrogens is 352 g/mol. The monoisotopic (exact) mass is 368 g/mol. The number of hydrogen-bond acceptors (Lipinski definition) is 6. The number of aryl methyl sites for hydroxylation is 1. The van der Waals surface area contributed by atoms with Crippen molar-refractivity contribution in [1.82, 2.24) is 15.3 Å². The van der Waals surface area contributed by atoms with Crippen molar-refractivity contribution in [2.75, 3.05) is 12.1 Å². The average molecular weight is 368 g/mol. The maximum Gasteiger partial charge on any atom is 0.319 e. The molecule has 4 rings (SSSR count). The molecule has 1 aliphatic rings. The largest absolute Gasteiger partial charge is 0.454 e. The Hall–Kier alpha value is -3.13. The smallest absolute Gasteiger partial charge is 0.319 e. The first kappa shape index (κ1) is 16.3. The Labute approximate surface area is 154 Å². The number of pyridine rings is 1. The van der Waals surface area contributed by atoms with Crippen molar-refractivity contribution in [3.05, 3.63) is 53.3 Å². The van der Waals surface area contributed by atoms with E-state index in [1.54, 1.807) is 41.9 Å². The highest BCUT2D eigenvalue weighted by Gasteiger charge is 2.15. The zero-order valence-electron chi connectivity index (χ0n) is 14.0. The number of anilines is 1. The van der Waals surface area contributed by atoms with Gasteiger partial charge in [-0.3, -0.25) is 4.98 Å². The number of ether oxygens (including phenoxy) is 2. The lowest BCUT2D eigenvalue weighted by Gasteiger charge is -2.07. The van der Waals surface area contributed by atoms with Crippen LogP contribution in [-0.2, 0) is 6.54 Å². The molecule has 0 radical (unpaired) electrons.